The molecule has 2 aromatic rings. The van der Waals surface area contributed by atoms with E-state index in [9.17, 15) is 0 Å². The summed E-state index contributed by atoms with van der Waals surface area (Å²) in [6, 6.07) is 1.87. The van der Waals surface area contributed by atoms with Crippen molar-refractivity contribution < 1.29 is 4.42 Å². The molecule has 6 heteroatoms. The van der Waals surface area contributed by atoms with Gasteiger partial charge in [0.25, 0.3) is 5.89 Å². The number of aromatic amines is 1. The Hall–Kier alpha value is -1.69. The monoisotopic (exact) mass is 221 g/mol. The molecule has 2 N–H and O–H groups in total. The predicted octanol–water partition coefficient (Wildman–Crippen LogP) is 1.52. The lowest BCUT2D eigenvalue weighted by atomic mass is 10.3. The zero-order valence-corrected chi connectivity index (χ0v) is 9.40. The largest absolute Gasteiger partial charge is 0.418 e. The summed E-state index contributed by atoms with van der Waals surface area (Å²) in [6.07, 6.45) is 2.73. The fourth-order valence-corrected chi connectivity index (χ4v) is 1.34. The number of rotatable bonds is 5. The lowest BCUT2D eigenvalue weighted by Gasteiger charge is -2.07. The van der Waals surface area contributed by atoms with Crippen LogP contribution < -0.4 is 5.32 Å². The zero-order chi connectivity index (χ0) is 11.4. The summed E-state index contributed by atoms with van der Waals surface area (Å²) >= 11 is 0. The first kappa shape index (κ1) is 10.8. The summed E-state index contributed by atoms with van der Waals surface area (Å²) < 4.78 is 5.53. The first-order valence-corrected chi connectivity index (χ1v) is 5.37. The standard InChI is InChI=1S/C10H15N5O/c1-3-5-11-7(2)9-14-15-10(16-9)8-4-6-12-13-8/h4,6-7,11H,3,5H2,1-2H3,(H,12,13). The molecule has 2 aromatic heterocycles. The highest BCUT2D eigenvalue weighted by atomic mass is 16.4. The Kier molecular flexibility index (Phi) is 3.31. The molecule has 16 heavy (non-hydrogen) atoms. The van der Waals surface area contributed by atoms with E-state index in [4.69, 9.17) is 4.42 Å². The molecule has 1 atom stereocenters. The Bertz CT molecular complexity index is 422. The number of nitrogens with zero attached hydrogens (tertiary/aromatic N) is 3. The number of nitrogens with one attached hydrogen (secondary N) is 2. The van der Waals surface area contributed by atoms with Crippen LogP contribution in [-0.2, 0) is 0 Å². The van der Waals surface area contributed by atoms with E-state index in [1.807, 2.05) is 6.92 Å². The van der Waals surface area contributed by atoms with Gasteiger partial charge >= 0.3 is 0 Å². The van der Waals surface area contributed by atoms with Crippen LogP contribution in [0.15, 0.2) is 16.7 Å². The van der Waals surface area contributed by atoms with Gasteiger partial charge in [0.05, 0.1) is 6.04 Å². The summed E-state index contributed by atoms with van der Waals surface area (Å²) in [5.74, 6) is 1.07. The maximum Gasteiger partial charge on any atom is 0.265 e. The van der Waals surface area contributed by atoms with E-state index >= 15 is 0 Å². The molecule has 0 radical (unpaired) electrons. The molecular formula is C10H15N5O. The third-order valence-electron chi connectivity index (χ3n) is 2.24. The molecule has 0 aliphatic carbocycles. The summed E-state index contributed by atoms with van der Waals surface area (Å²) in [7, 11) is 0. The fourth-order valence-electron chi connectivity index (χ4n) is 1.34. The summed E-state index contributed by atoms with van der Waals surface area (Å²) in [4.78, 5) is 0. The summed E-state index contributed by atoms with van der Waals surface area (Å²) in [6.45, 7) is 5.05. The third kappa shape index (κ3) is 2.27. The van der Waals surface area contributed by atoms with Crippen LogP contribution in [0.3, 0.4) is 0 Å². The van der Waals surface area contributed by atoms with Crippen LogP contribution >= 0.6 is 0 Å². The van der Waals surface area contributed by atoms with Gasteiger partial charge in [0.15, 0.2) is 0 Å². The highest BCUT2D eigenvalue weighted by Crippen LogP contribution is 2.17. The normalized spacial score (nSPS) is 12.9. The number of aromatic nitrogens is 4. The van der Waals surface area contributed by atoms with Gasteiger partial charge in [-0.05, 0) is 26.0 Å². The minimum absolute atomic E-state index is 0.0733. The molecule has 0 saturated heterocycles. The molecule has 0 aliphatic heterocycles. The second-order valence-corrected chi connectivity index (χ2v) is 3.59. The maximum absolute atomic E-state index is 5.53. The van der Waals surface area contributed by atoms with Crippen LogP contribution in [0.5, 0.6) is 0 Å². The van der Waals surface area contributed by atoms with E-state index in [0.29, 0.717) is 11.8 Å². The molecule has 1 unspecified atom stereocenters. The van der Waals surface area contributed by atoms with Crippen LogP contribution in [0.2, 0.25) is 0 Å². The van der Waals surface area contributed by atoms with E-state index < -0.39 is 0 Å². The van der Waals surface area contributed by atoms with E-state index in [2.05, 4.69) is 32.6 Å². The predicted molar refractivity (Wildman–Crippen MR) is 58.6 cm³/mol. The summed E-state index contributed by atoms with van der Waals surface area (Å²) in [5.41, 5.74) is 0.737. The molecule has 0 saturated carbocycles. The third-order valence-corrected chi connectivity index (χ3v) is 2.24. The second-order valence-electron chi connectivity index (χ2n) is 3.59. The lowest BCUT2D eigenvalue weighted by Crippen LogP contribution is -2.19. The molecule has 0 aliphatic rings. The highest BCUT2D eigenvalue weighted by molar-refractivity contribution is 5.44. The van der Waals surface area contributed by atoms with Crippen molar-refractivity contribution in [2.75, 3.05) is 6.54 Å². The van der Waals surface area contributed by atoms with Crippen LogP contribution in [0.1, 0.15) is 32.2 Å². The van der Waals surface area contributed by atoms with Gasteiger partial charge in [0, 0.05) is 6.20 Å². The molecule has 0 bridgehead atoms. The smallest absolute Gasteiger partial charge is 0.265 e. The van der Waals surface area contributed by atoms with Crippen molar-refractivity contribution in [3.63, 3.8) is 0 Å². The average molecular weight is 221 g/mol. The van der Waals surface area contributed by atoms with Gasteiger partial charge in [0.1, 0.15) is 5.69 Å². The van der Waals surface area contributed by atoms with Crippen LogP contribution in [-0.4, -0.2) is 26.9 Å². The first-order chi connectivity index (χ1) is 7.81. The maximum atomic E-state index is 5.53. The number of hydrogen-bond acceptors (Lipinski definition) is 5. The molecular weight excluding hydrogens is 206 g/mol. The van der Waals surface area contributed by atoms with E-state index in [0.717, 1.165) is 18.7 Å². The minimum Gasteiger partial charge on any atom is -0.418 e. The molecule has 86 valence electrons. The van der Waals surface area contributed by atoms with E-state index in [1.165, 1.54) is 0 Å². The number of H-pyrrole nitrogens is 1. The van der Waals surface area contributed by atoms with Crippen molar-refractivity contribution in [2.45, 2.75) is 26.3 Å². The summed E-state index contributed by atoms with van der Waals surface area (Å²) in [5, 5.41) is 17.9. The van der Waals surface area contributed by atoms with Gasteiger partial charge < -0.3 is 9.73 Å². The topological polar surface area (TPSA) is 79.6 Å². The fraction of sp³-hybridized carbons (Fsp3) is 0.500. The average Bonchev–Trinajstić information content (AvgIpc) is 2.94. The van der Waals surface area contributed by atoms with Gasteiger partial charge in [-0.1, -0.05) is 6.92 Å². The van der Waals surface area contributed by atoms with Gasteiger partial charge in [-0.25, -0.2) is 0 Å². The lowest BCUT2D eigenvalue weighted by molar-refractivity contribution is 0.422. The zero-order valence-electron chi connectivity index (χ0n) is 9.40. The highest BCUT2D eigenvalue weighted by Gasteiger charge is 2.14. The molecule has 2 rings (SSSR count). The van der Waals surface area contributed by atoms with Crippen LogP contribution in [0.25, 0.3) is 11.6 Å². The van der Waals surface area contributed by atoms with Gasteiger partial charge in [-0.3, -0.25) is 5.10 Å². The molecule has 6 nitrogen and oxygen atoms in total. The van der Waals surface area contributed by atoms with Crippen LogP contribution in [0.4, 0.5) is 0 Å². The Balaban J connectivity index is 2.07. The SMILES string of the molecule is CCCNC(C)c1nnc(-c2ccn[nH]2)o1. The Labute approximate surface area is 93.5 Å². The van der Waals surface area contributed by atoms with Crippen molar-refractivity contribution in [3.05, 3.63) is 18.2 Å². The van der Waals surface area contributed by atoms with Crippen molar-refractivity contribution in [1.29, 1.82) is 0 Å². The van der Waals surface area contributed by atoms with Gasteiger partial charge in [-0.2, -0.15) is 5.10 Å². The van der Waals surface area contributed by atoms with E-state index in [-0.39, 0.29) is 6.04 Å². The molecule has 0 fully saturated rings. The van der Waals surface area contributed by atoms with Crippen molar-refractivity contribution in [1.82, 2.24) is 25.7 Å². The molecule has 0 aromatic carbocycles. The molecule has 0 amide bonds. The molecule has 2 heterocycles. The minimum atomic E-state index is 0.0733. The Morgan fingerprint density at radius 1 is 1.50 bits per heavy atom. The first-order valence-electron chi connectivity index (χ1n) is 5.37. The van der Waals surface area contributed by atoms with E-state index in [1.54, 1.807) is 12.3 Å². The van der Waals surface area contributed by atoms with Crippen LogP contribution in [0, 0.1) is 0 Å². The number of hydrogen-bond donors (Lipinski definition) is 2. The van der Waals surface area contributed by atoms with Gasteiger partial charge in [-0.15, -0.1) is 10.2 Å². The van der Waals surface area contributed by atoms with Crippen molar-refractivity contribution in [3.8, 4) is 11.6 Å². The Morgan fingerprint density at radius 2 is 2.38 bits per heavy atom. The van der Waals surface area contributed by atoms with Crippen molar-refractivity contribution >= 4 is 0 Å². The molecule has 0 spiro atoms. The van der Waals surface area contributed by atoms with Gasteiger partial charge in [0.2, 0.25) is 5.89 Å². The Morgan fingerprint density at radius 3 is 3.06 bits per heavy atom. The second kappa shape index (κ2) is 4.89. The van der Waals surface area contributed by atoms with Crippen molar-refractivity contribution in [2.24, 2.45) is 0 Å². The quantitative estimate of drug-likeness (QED) is 0.800.